The third-order valence-corrected chi connectivity index (χ3v) is 5.66. The largest absolute Gasteiger partial charge is 0.371 e. The lowest BCUT2D eigenvalue weighted by atomic mass is 9.84. The number of likely N-dealkylation sites (tertiary alicyclic amines) is 1. The summed E-state index contributed by atoms with van der Waals surface area (Å²) in [4.78, 5) is 7.23. The Kier molecular flexibility index (Phi) is 4.35. The second-order valence-corrected chi connectivity index (χ2v) is 7.49. The Balaban J connectivity index is 1.68. The van der Waals surface area contributed by atoms with Crippen LogP contribution in [0.4, 0.5) is 11.4 Å². The molecule has 0 saturated carbocycles. The molecule has 3 heterocycles. The Hall–Kier alpha value is -1.76. The maximum atomic E-state index is 6.21. The molecule has 1 fully saturated rings. The van der Waals surface area contributed by atoms with Crippen LogP contribution in [0.15, 0.2) is 29.4 Å². The first-order valence-electron chi connectivity index (χ1n) is 8.33. The van der Waals surface area contributed by atoms with Gasteiger partial charge >= 0.3 is 0 Å². The van der Waals surface area contributed by atoms with Gasteiger partial charge in [0, 0.05) is 19.3 Å². The first-order chi connectivity index (χ1) is 12.1. The molecule has 0 radical (unpaired) electrons. The normalized spacial score (nSPS) is 19.2. The van der Waals surface area contributed by atoms with Crippen LogP contribution in [-0.4, -0.2) is 46.6 Å². The van der Waals surface area contributed by atoms with E-state index < -0.39 is 0 Å². The fraction of sp³-hybridized carbons (Fsp3) is 0.412. The number of hydrogen-bond acceptors (Lipinski definition) is 5. The van der Waals surface area contributed by atoms with E-state index in [1.165, 1.54) is 0 Å². The van der Waals surface area contributed by atoms with Crippen molar-refractivity contribution in [3.05, 3.63) is 40.1 Å². The molecule has 4 rings (SSSR count). The molecule has 0 unspecified atom stereocenters. The Morgan fingerprint density at radius 2 is 2.00 bits per heavy atom. The van der Waals surface area contributed by atoms with Crippen LogP contribution in [0.3, 0.4) is 0 Å². The molecule has 132 valence electrons. The molecule has 3 N–H and O–H groups in total. The summed E-state index contributed by atoms with van der Waals surface area (Å²) < 4.78 is 0. The molecule has 1 spiro atoms. The Bertz CT molecular complexity index is 794. The van der Waals surface area contributed by atoms with E-state index in [0.29, 0.717) is 16.6 Å². The van der Waals surface area contributed by atoms with Gasteiger partial charge in [0.15, 0.2) is 0 Å². The highest BCUT2D eigenvalue weighted by Gasteiger charge is 2.41. The van der Waals surface area contributed by atoms with E-state index in [1.54, 1.807) is 0 Å². The Morgan fingerprint density at radius 3 is 2.72 bits per heavy atom. The molecule has 1 aromatic heterocycles. The van der Waals surface area contributed by atoms with Gasteiger partial charge in [-0.3, -0.25) is 5.10 Å². The van der Waals surface area contributed by atoms with Crippen molar-refractivity contribution in [2.45, 2.75) is 24.9 Å². The smallest absolute Gasteiger partial charge is 0.129 e. The fourth-order valence-corrected chi connectivity index (χ4v) is 3.73. The van der Waals surface area contributed by atoms with Gasteiger partial charge in [-0.25, -0.2) is 4.99 Å². The molecule has 2 aliphatic rings. The van der Waals surface area contributed by atoms with Crippen molar-refractivity contribution in [1.29, 1.82) is 0 Å². The van der Waals surface area contributed by atoms with Crippen LogP contribution in [-0.2, 0) is 6.54 Å². The Morgan fingerprint density at radius 1 is 1.24 bits per heavy atom. The zero-order valence-electron chi connectivity index (χ0n) is 13.9. The van der Waals surface area contributed by atoms with E-state index in [4.69, 9.17) is 28.2 Å². The molecular formula is C17H20Cl2N6. The van der Waals surface area contributed by atoms with Gasteiger partial charge in [0.05, 0.1) is 39.2 Å². The number of piperidine rings is 1. The van der Waals surface area contributed by atoms with Gasteiger partial charge in [-0.1, -0.05) is 23.2 Å². The number of H-pyrrole nitrogens is 1. The van der Waals surface area contributed by atoms with E-state index in [9.17, 15) is 0 Å². The van der Waals surface area contributed by atoms with Gasteiger partial charge in [0.2, 0.25) is 0 Å². The van der Waals surface area contributed by atoms with Crippen LogP contribution in [0.25, 0.3) is 0 Å². The molecule has 1 aromatic carbocycles. The number of nitrogens with zero attached hydrogens (tertiary/aromatic N) is 3. The molecular weight excluding hydrogens is 359 g/mol. The van der Waals surface area contributed by atoms with Crippen molar-refractivity contribution in [1.82, 2.24) is 20.4 Å². The molecule has 8 heteroatoms. The van der Waals surface area contributed by atoms with Crippen molar-refractivity contribution >= 4 is 40.4 Å². The molecule has 0 amide bonds. The summed E-state index contributed by atoms with van der Waals surface area (Å²) in [7, 11) is 2.15. The van der Waals surface area contributed by atoms with Gasteiger partial charge in [-0.05, 0) is 38.1 Å². The van der Waals surface area contributed by atoms with Crippen molar-refractivity contribution in [3.63, 3.8) is 0 Å². The van der Waals surface area contributed by atoms with E-state index in [0.717, 1.165) is 48.8 Å². The average molecular weight is 379 g/mol. The second kappa shape index (κ2) is 6.52. The number of nitrogens with one attached hydrogen (secondary N) is 3. The number of aliphatic imine (C=N–C) groups is 1. The van der Waals surface area contributed by atoms with Crippen LogP contribution in [0.2, 0.25) is 10.0 Å². The molecule has 2 aliphatic heterocycles. The first kappa shape index (κ1) is 16.7. The summed E-state index contributed by atoms with van der Waals surface area (Å²) in [6, 6.07) is 5.63. The molecule has 6 nitrogen and oxygen atoms in total. The second-order valence-electron chi connectivity index (χ2n) is 6.67. The van der Waals surface area contributed by atoms with Gasteiger partial charge in [-0.2, -0.15) is 5.10 Å². The number of amidine groups is 1. The fourth-order valence-electron chi connectivity index (χ4n) is 3.41. The summed E-state index contributed by atoms with van der Waals surface area (Å²) in [5, 5.41) is 15.3. The summed E-state index contributed by atoms with van der Waals surface area (Å²) in [5.41, 5.74) is 2.48. The van der Waals surface area contributed by atoms with Gasteiger partial charge in [0.1, 0.15) is 5.84 Å². The molecule has 25 heavy (non-hydrogen) atoms. The Labute approximate surface area is 156 Å². The number of halogens is 2. The highest BCUT2D eigenvalue weighted by molar-refractivity contribution is 6.42. The van der Waals surface area contributed by atoms with Crippen molar-refractivity contribution in [3.8, 4) is 0 Å². The van der Waals surface area contributed by atoms with Crippen LogP contribution in [0.5, 0.6) is 0 Å². The zero-order valence-corrected chi connectivity index (χ0v) is 15.5. The minimum absolute atomic E-state index is 0.215. The number of aromatic amines is 1. The van der Waals surface area contributed by atoms with E-state index in [2.05, 4.69) is 32.8 Å². The molecule has 0 aliphatic carbocycles. The minimum Gasteiger partial charge on any atom is -0.371 e. The lowest BCUT2D eigenvalue weighted by Crippen LogP contribution is -2.58. The summed E-state index contributed by atoms with van der Waals surface area (Å²) in [5.74, 6) is 0.939. The molecule has 0 bridgehead atoms. The van der Waals surface area contributed by atoms with Crippen LogP contribution in [0, 0.1) is 0 Å². The predicted octanol–water partition coefficient (Wildman–Crippen LogP) is 3.43. The van der Waals surface area contributed by atoms with Crippen LogP contribution < -0.4 is 10.6 Å². The third kappa shape index (κ3) is 3.21. The average Bonchev–Trinajstić information content (AvgIpc) is 3.11. The number of aromatic nitrogens is 2. The predicted molar refractivity (Wildman–Crippen MR) is 102 cm³/mol. The van der Waals surface area contributed by atoms with E-state index in [1.807, 2.05) is 24.4 Å². The number of fused-ring (bicyclic) bond motifs is 1. The standard InChI is InChI=1S/C17H20Cl2N6/c1-25-6-3-17(4-7-25)16(20-10-11-2-5-21-24-11)22-14-8-12(18)13(19)9-15(14)23-17/h2,5,8-9,23H,3-4,6-7,10H2,1H3,(H,20,22)(H,21,24). The number of anilines is 1. The maximum absolute atomic E-state index is 6.21. The van der Waals surface area contributed by atoms with Crippen LogP contribution >= 0.6 is 23.2 Å². The lowest BCUT2D eigenvalue weighted by molar-refractivity contribution is 0.238. The van der Waals surface area contributed by atoms with Crippen molar-refractivity contribution < 1.29 is 0 Å². The molecule has 2 aromatic rings. The zero-order chi connectivity index (χ0) is 17.4. The highest BCUT2D eigenvalue weighted by atomic mass is 35.5. The third-order valence-electron chi connectivity index (χ3n) is 4.93. The highest BCUT2D eigenvalue weighted by Crippen LogP contribution is 2.41. The first-order valence-corrected chi connectivity index (χ1v) is 9.09. The summed E-state index contributed by atoms with van der Waals surface area (Å²) in [6.07, 6.45) is 3.76. The monoisotopic (exact) mass is 378 g/mol. The minimum atomic E-state index is -0.215. The van der Waals surface area contributed by atoms with Crippen molar-refractivity contribution in [2.75, 3.05) is 25.5 Å². The summed E-state index contributed by atoms with van der Waals surface area (Å²) >= 11 is 12.4. The summed E-state index contributed by atoms with van der Waals surface area (Å²) in [6.45, 7) is 2.64. The molecule has 1 saturated heterocycles. The number of benzene rings is 1. The van der Waals surface area contributed by atoms with Crippen molar-refractivity contribution in [2.24, 2.45) is 4.99 Å². The quantitative estimate of drug-likeness (QED) is 0.748. The topological polar surface area (TPSA) is 68.3 Å². The number of hydrogen-bond donors (Lipinski definition) is 3. The van der Waals surface area contributed by atoms with Crippen LogP contribution in [0.1, 0.15) is 18.5 Å². The number of rotatable bonds is 2. The van der Waals surface area contributed by atoms with Gasteiger partial charge in [-0.15, -0.1) is 0 Å². The van der Waals surface area contributed by atoms with E-state index >= 15 is 0 Å². The van der Waals surface area contributed by atoms with E-state index in [-0.39, 0.29) is 5.54 Å². The van der Waals surface area contributed by atoms with Gasteiger partial charge in [0.25, 0.3) is 0 Å². The maximum Gasteiger partial charge on any atom is 0.129 e. The SMILES string of the molecule is CN1CCC2(CC1)Nc1cc(Cl)c(Cl)cc1N=C2NCc1cc[nH]n1. The molecule has 0 atom stereocenters. The van der Waals surface area contributed by atoms with Gasteiger partial charge < -0.3 is 15.5 Å². The lowest BCUT2D eigenvalue weighted by Gasteiger charge is -2.45.